The third kappa shape index (κ3) is 3.19. The largest absolute Gasteiger partial charge is 0.487 e. The molecule has 0 saturated heterocycles. The van der Waals surface area contributed by atoms with E-state index in [0.29, 0.717) is 6.04 Å². The Morgan fingerprint density at radius 3 is 2.89 bits per heavy atom. The molecule has 1 aromatic rings. The topological polar surface area (TPSA) is 21.3 Å². The summed E-state index contributed by atoms with van der Waals surface area (Å²) in [4.78, 5) is 0. The van der Waals surface area contributed by atoms with Gasteiger partial charge in [0, 0.05) is 18.0 Å². The monoisotopic (exact) mass is 259 g/mol. The number of hydrogen-bond donors (Lipinski definition) is 1. The van der Waals surface area contributed by atoms with Crippen molar-refractivity contribution in [3.05, 3.63) is 34.9 Å². The number of hydrogen-bond acceptors (Lipinski definition) is 2. The molecule has 2 heteroatoms. The number of nitrogens with one attached hydrogen (secondary N) is 1. The van der Waals surface area contributed by atoms with Gasteiger partial charge in [0.25, 0.3) is 0 Å². The summed E-state index contributed by atoms with van der Waals surface area (Å²) < 4.78 is 6.10. The lowest BCUT2D eigenvalue weighted by Crippen LogP contribution is -2.26. The van der Waals surface area contributed by atoms with E-state index in [4.69, 9.17) is 4.74 Å². The van der Waals surface area contributed by atoms with Crippen molar-refractivity contribution in [1.29, 1.82) is 0 Å². The Bertz CT molecular complexity index is 488. The van der Waals surface area contributed by atoms with Gasteiger partial charge in [0.2, 0.25) is 0 Å². The Morgan fingerprint density at radius 2 is 2.21 bits per heavy atom. The molecular weight excluding hydrogens is 234 g/mol. The van der Waals surface area contributed by atoms with Gasteiger partial charge in [0.1, 0.15) is 11.4 Å². The Labute approximate surface area is 116 Å². The number of para-hydroxylation sites is 1. The third-order valence-electron chi connectivity index (χ3n) is 3.70. The molecule has 0 fully saturated rings. The minimum atomic E-state index is -0.0759. The van der Waals surface area contributed by atoms with Gasteiger partial charge in [-0.2, -0.15) is 0 Å². The van der Waals surface area contributed by atoms with Crippen LogP contribution in [-0.2, 0) is 6.42 Å². The molecule has 1 unspecified atom stereocenters. The van der Waals surface area contributed by atoms with Crippen LogP contribution in [-0.4, -0.2) is 18.2 Å². The van der Waals surface area contributed by atoms with Crippen LogP contribution in [0.2, 0.25) is 0 Å². The van der Waals surface area contributed by atoms with Crippen LogP contribution in [0.4, 0.5) is 0 Å². The number of rotatable bonds is 4. The maximum Gasteiger partial charge on any atom is 0.130 e. The van der Waals surface area contributed by atoms with E-state index in [2.05, 4.69) is 64.2 Å². The molecule has 104 valence electrons. The Morgan fingerprint density at radius 1 is 1.47 bits per heavy atom. The van der Waals surface area contributed by atoms with E-state index < -0.39 is 0 Å². The zero-order valence-electron chi connectivity index (χ0n) is 12.7. The maximum absolute atomic E-state index is 6.10. The molecule has 1 heterocycles. The van der Waals surface area contributed by atoms with Crippen LogP contribution in [0.25, 0.3) is 6.08 Å². The molecule has 0 saturated carbocycles. The number of ether oxygens (including phenoxy) is 1. The standard InChI is InChI=1S/C17H25NO/c1-6-18-13(3)12(2)10-14-8-7-9-15-11-17(4,5)19-16(14)15/h7-10,13,18H,6,11H2,1-5H3/b12-10+. The van der Waals surface area contributed by atoms with E-state index in [-0.39, 0.29) is 5.60 Å². The van der Waals surface area contributed by atoms with E-state index >= 15 is 0 Å². The van der Waals surface area contributed by atoms with Gasteiger partial charge in [-0.15, -0.1) is 0 Å². The summed E-state index contributed by atoms with van der Waals surface area (Å²) in [6, 6.07) is 6.84. The van der Waals surface area contributed by atoms with Crippen LogP contribution in [0.5, 0.6) is 5.75 Å². The summed E-state index contributed by atoms with van der Waals surface area (Å²) >= 11 is 0. The van der Waals surface area contributed by atoms with E-state index in [0.717, 1.165) is 18.7 Å². The molecule has 0 aliphatic carbocycles. The van der Waals surface area contributed by atoms with Crippen molar-refractivity contribution in [3.63, 3.8) is 0 Å². The van der Waals surface area contributed by atoms with Crippen molar-refractivity contribution in [2.24, 2.45) is 0 Å². The van der Waals surface area contributed by atoms with Gasteiger partial charge in [0.05, 0.1) is 0 Å². The van der Waals surface area contributed by atoms with Gasteiger partial charge in [-0.1, -0.05) is 36.8 Å². The van der Waals surface area contributed by atoms with Crippen LogP contribution in [0.15, 0.2) is 23.8 Å². The average Bonchev–Trinajstić information content (AvgIpc) is 2.64. The highest BCUT2D eigenvalue weighted by Crippen LogP contribution is 2.38. The maximum atomic E-state index is 6.10. The minimum absolute atomic E-state index is 0.0759. The third-order valence-corrected chi connectivity index (χ3v) is 3.70. The molecule has 2 nitrogen and oxygen atoms in total. The first-order valence-electron chi connectivity index (χ1n) is 7.15. The molecule has 0 spiro atoms. The van der Waals surface area contributed by atoms with Crippen LogP contribution < -0.4 is 10.1 Å². The average molecular weight is 259 g/mol. The molecule has 1 aliphatic heterocycles. The highest BCUT2D eigenvalue weighted by molar-refractivity contribution is 5.63. The lowest BCUT2D eigenvalue weighted by Gasteiger charge is -2.18. The number of benzene rings is 1. The van der Waals surface area contributed by atoms with Crippen LogP contribution >= 0.6 is 0 Å². The number of fused-ring (bicyclic) bond motifs is 1. The van der Waals surface area contributed by atoms with E-state index in [1.807, 2.05) is 0 Å². The second-order valence-corrected chi connectivity index (χ2v) is 6.04. The molecular formula is C17H25NO. The molecule has 1 N–H and O–H groups in total. The smallest absolute Gasteiger partial charge is 0.130 e. The van der Waals surface area contributed by atoms with Crippen LogP contribution in [0.1, 0.15) is 45.7 Å². The molecule has 1 aromatic carbocycles. The van der Waals surface area contributed by atoms with E-state index in [1.54, 1.807) is 0 Å². The van der Waals surface area contributed by atoms with E-state index in [9.17, 15) is 0 Å². The van der Waals surface area contributed by atoms with Crippen molar-refractivity contribution < 1.29 is 4.74 Å². The van der Waals surface area contributed by atoms with E-state index in [1.165, 1.54) is 16.7 Å². The molecule has 0 amide bonds. The zero-order chi connectivity index (χ0) is 14.0. The van der Waals surface area contributed by atoms with Gasteiger partial charge in [-0.25, -0.2) is 0 Å². The summed E-state index contributed by atoms with van der Waals surface area (Å²) in [6.45, 7) is 11.8. The van der Waals surface area contributed by atoms with Crippen molar-refractivity contribution >= 4 is 6.08 Å². The SMILES string of the molecule is CCNC(C)/C(C)=C/c1cccc2c1OC(C)(C)C2. The minimum Gasteiger partial charge on any atom is -0.487 e. The lowest BCUT2D eigenvalue weighted by molar-refractivity contribution is 0.138. The second kappa shape index (κ2) is 5.38. The molecule has 0 radical (unpaired) electrons. The molecule has 1 aliphatic rings. The lowest BCUT2D eigenvalue weighted by atomic mass is 9.99. The first-order chi connectivity index (χ1) is 8.93. The summed E-state index contributed by atoms with van der Waals surface area (Å²) in [5.74, 6) is 1.07. The Balaban J connectivity index is 2.29. The van der Waals surface area contributed by atoms with Crippen molar-refractivity contribution in [3.8, 4) is 5.75 Å². The molecule has 0 aromatic heterocycles. The zero-order valence-corrected chi connectivity index (χ0v) is 12.7. The highest BCUT2D eigenvalue weighted by Gasteiger charge is 2.31. The van der Waals surface area contributed by atoms with Gasteiger partial charge in [-0.05, 0) is 39.8 Å². The number of likely N-dealkylation sites (N-methyl/N-ethyl adjacent to an activating group) is 1. The van der Waals surface area contributed by atoms with Gasteiger partial charge in [0.15, 0.2) is 0 Å². The summed E-state index contributed by atoms with van der Waals surface area (Å²) in [6.07, 6.45) is 3.24. The van der Waals surface area contributed by atoms with Gasteiger partial charge < -0.3 is 10.1 Å². The summed E-state index contributed by atoms with van der Waals surface area (Å²) in [5, 5.41) is 3.44. The molecule has 0 bridgehead atoms. The predicted molar refractivity (Wildman–Crippen MR) is 81.6 cm³/mol. The Hall–Kier alpha value is -1.28. The van der Waals surface area contributed by atoms with Gasteiger partial charge >= 0.3 is 0 Å². The normalized spacial score (nSPS) is 18.9. The summed E-state index contributed by atoms with van der Waals surface area (Å²) in [5.41, 5.74) is 3.78. The van der Waals surface area contributed by atoms with Crippen molar-refractivity contribution in [2.75, 3.05) is 6.54 Å². The van der Waals surface area contributed by atoms with Gasteiger partial charge in [-0.3, -0.25) is 0 Å². The fraction of sp³-hybridized carbons (Fsp3) is 0.529. The van der Waals surface area contributed by atoms with Crippen LogP contribution in [0, 0.1) is 0 Å². The predicted octanol–water partition coefficient (Wildman–Crippen LogP) is 3.80. The fourth-order valence-electron chi connectivity index (χ4n) is 2.59. The second-order valence-electron chi connectivity index (χ2n) is 6.04. The van der Waals surface area contributed by atoms with Crippen LogP contribution in [0.3, 0.4) is 0 Å². The van der Waals surface area contributed by atoms with Crippen molar-refractivity contribution in [2.45, 2.75) is 52.7 Å². The molecule has 19 heavy (non-hydrogen) atoms. The van der Waals surface area contributed by atoms with Crippen molar-refractivity contribution in [1.82, 2.24) is 5.32 Å². The Kier molecular flexibility index (Phi) is 4.00. The quantitative estimate of drug-likeness (QED) is 0.888. The summed E-state index contributed by atoms with van der Waals surface area (Å²) in [7, 11) is 0. The highest BCUT2D eigenvalue weighted by atomic mass is 16.5. The first-order valence-corrected chi connectivity index (χ1v) is 7.15. The molecule has 1 atom stereocenters. The fourth-order valence-corrected chi connectivity index (χ4v) is 2.59. The first kappa shape index (κ1) is 14.1. The molecule has 2 rings (SSSR count).